The smallest absolute Gasteiger partial charge is 0.410 e. The number of hydrogen-bond donors (Lipinski definition) is 1. The summed E-state index contributed by atoms with van der Waals surface area (Å²) >= 11 is 0. The Kier molecular flexibility index (Phi) is 9.32. The summed E-state index contributed by atoms with van der Waals surface area (Å²) in [5.41, 5.74) is 4.06. The van der Waals surface area contributed by atoms with Crippen LogP contribution in [0.15, 0.2) is 48.6 Å². The van der Waals surface area contributed by atoms with Crippen LogP contribution in [0, 0.1) is 12.7 Å². The Labute approximate surface area is 253 Å². The molecule has 0 unspecified atom stereocenters. The Morgan fingerprint density at radius 3 is 1.72 bits per heavy atom. The Bertz CT molecular complexity index is 1470. The number of rotatable bonds is 4. The van der Waals surface area contributed by atoms with Crippen molar-refractivity contribution >= 4 is 34.9 Å². The van der Waals surface area contributed by atoms with Crippen molar-refractivity contribution in [1.29, 1.82) is 0 Å². The van der Waals surface area contributed by atoms with E-state index in [0.717, 1.165) is 22.3 Å². The van der Waals surface area contributed by atoms with Gasteiger partial charge in [-0.1, -0.05) is 18.2 Å². The monoisotopic (exact) mass is 591 g/mol. The van der Waals surface area contributed by atoms with Gasteiger partial charge in [0.15, 0.2) is 0 Å². The Morgan fingerprint density at radius 2 is 1.28 bits per heavy atom. The maximum atomic E-state index is 15.1. The molecular weight excluding hydrogens is 549 g/mol. The molecule has 0 radical (unpaired) electrons. The van der Waals surface area contributed by atoms with Crippen LogP contribution in [0.4, 0.5) is 19.7 Å². The Morgan fingerprint density at radius 1 is 0.767 bits per heavy atom. The van der Waals surface area contributed by atoms with Gasteiger partial charge in [-0.05, 0) is 114 Å². The molecule has 0 aliphatic carbocycles. The first kappa shape index (κ1) is 31.8. The van der Waals surface area contributed by atoms with Crippen molar-refractivity contribution in [3.8, 4) is 0 Å². The number of aryl methyl sites for hydroxylation is 1. The molecule has 230 valence electrons. The quantitative estimate of drug-likeness (QED) is 0.399. The molecule has 2 aromatic carbocycles. The molecule has 0 saturated carbocycles. The zero-order valence-corrected chi connectivity index (χ0v) is 26.2. The highest BCUT2D eigenvalue weighted by atomic mass is 19.1. The zero-order chi connectivity index (χ0) is 31.5. The first-order valence-corrected chi connectivity index (χ1v) is 14.7. The first-order valence-electron chi connectivity index (χ1n) is 14.7. The van der Waals surface area contributed by atoms with Crippen LogP contribution in [-0.2, 0) is 9.47 Å². The van der Waals surface area contributed by atoms with Gasteiger partial charge in [0.2, 0.25) is 0 Å². The highest BCUT2D eigenvalue weighted by molar-refractivity contribution is 6.04. The lowest BCUT2D eigenvalue weighted by Crippen LogP contribution is -2.39. The fraction of sp³-hybridized carbons (Fsp3) is 0.441. The van der Waals surface area contributed by atoms with Gasteiger partial charge in [-0.3, -0.25) is 4.79 Å². The second kappa shape index (κ2) is 12.6. The van der Waals surface area contributed by atoms with Gasteiger partial charge in [0.05, 0.1) is 0 Å². The number of nitrogens with one attached hydrogen (secondary N) is 1. The molecule has 0 saturated heterocycles. The molecule has 0 atom stereocenters. The van der Waals surface area contributed by atoms with E-state index < -0.39 is 17.0 Å². The summed E-state index contributed by atoms with van der Waals surface area (Å²) in [6.07, 6.45) is 4.35. The van der Waals surface area contributed by atoms with Crippen LogP contribution in [0.2, 0.25) is 0 Å². The maximum absolute atomic E-state index is 15.1. The number of carbonyl (C=O) groups excluding carboxylic acids is 3. The van der Waals surface area contributed by atoms with Gasteiger partial charge < -0.3 is 24.6 Å². The van der Waals surface area contributed by atoms with Crippen LogP contribution in [0.5, 0.6) is 0 Å². The van der Waals surface area contributed by atoms with Crippen LogP contribution in [-0.4, -0.2) is 65.3 Å². The molecule has 0 spiro atoms. The lowest BCUT2D eigenvalue weighted by atomic mass is 9.94. The van der Waals surface area contributed by atoms with Crippen molar-refractivity contribution in [3.63, 3.8) is 0 Å². The average Bonchev–Trinajstić information content (AvgIpc) is 2.91. The molecule has 2 aliphatic rings. The van der Waals surface area contributed by atoms with Crippen molar-refractivity contribution in [2.75, 3.05) is 31.5 Å². The van der Waals surface area contributed by atoms with Gasteiger partial charge in [-0.25, -0.2) is 14.0 Å². The molecule has 3 amide bonds. The molecule has 43 heavy (non-hydrogen) atoms. The van der Waals surface area contributed by atoms with Gasteiger partial charge in [-0.15, -0.1) is 0 Å². The number of carbonyl (C=O) groups is 3. The number of hydrogen-bond acceptors (Lipinski definition) is 5. The number of halogens is 1. The lowest BCUT2D eigenvalue weighted by Gasteiger charge is -2.30. The van der Waals surface area contributed by atoms with E-state index in [2.05, 4.69) is 5.32 Å². The van der Waals surface area contributed by atoms with Crippen molar-refractivity contribution in [3.05, 3.63) is 76.6 Å². The van der Waals surface area contributed by atoms with Crippen LogP contribution in [0.3, 0.4) is 0 Å². The zero-order valence-electron chi connectivity index (χ0n) is 26.2. The largest absolute Gasteiger partial charge is 0.444 e. The molecular formula is C34H42FN3O5. The first-order chi connectivity index (χ1) is 20.1. The highest BCUT2D eigenvalue weighted by Gasteiger charge is 2.26. The minimum atomic E-state index is -0.575. The summed E-state index contributed by atoms with van der Waals surface area (Å²) in [7, 11) is 0. The molecule has 2 aliphatic heterocycles. The van der Waals surface area contributed by atoms with E-state index in [9.17, 15) is 14.4 Å². The van der Waals surface area contributed by atoms with Crippen molar-refractivity contribution < 1.29 is 28.2 Å². The standard InChI is InChI=1S/C34H42FN3O5/c1-22-20-25(8-10-27(22)23-12-16-37(17-13-23)31(40)42-33(2,3)4)30(39)36-26-9-11-28(29(35)21-26)24-14-18-38(19-15-24)32(41)43-34(5,6)7/h8-12,14,20-21H,13,15-19H2,1-7H3,(H,36,39). The summed E-state index contributed by atoms with van der Waals surface area (Å²) in [6, 6.07) is 10.1. The normalized spacial score (nSPS) is 15.8. The van der Waals surface area contributed by atoms with E-state index in [1.165, 1.54) is 6.07 Å². The molecule has 0 bridgehead atoms. The minimum Gasteiger partial charge on any atom is -0.444 e. The Hall–Kier alpha value is -4.14. The second-order valence-electron chi connectivity index (χ2n) is 13.0. The van der Waals surface area contributed by atoms with Gasteiger partial charge in [0.25, 0.3) is 5.91 Å². The van der Waals surface area contributed by atoms with Crippen molar-refractivity contribution in [1.82, 2.24) is 9.80 Å². The van der Waals surface area contributed by atoms with E-state index in [-0.39, 0.29) is 18.1 Å². The molecule has 2 heterocycles. The van der Waals surface area contributed by atoms with Gasteiger partial charge in [0, 0.05) is 43.0 Å². The number of benzene rings is 2. The maximum Gasteiger partial charge on any atom is 0.410 e. The van der Waals surface area contributed by atoms with Crippen LogP contribution >= 0.6 is 0 Å². The van der Waals surface area contributed by atoms with E-state index in [4.69, 9.17) is 9.47 Å². The molecule has 8 nitrogen and oxygen atoms in total. The number of ether oxygens (including phenoxy) is 2. The number of amides is 3. The minimum absolute atomic E-state index is 0.323. The van der Waals surface area contributed by atoms with E-state index in [0.29, 0.717) is 55.8 Å². The highest BCUT2D eigenvalue weighted by Crippen LogP contribution is 2.29. The molecule has 0 fully saturated rings. The van der Waals surface area contributed by atoms with E-state index >= 15 is 4.39 Å². The van der Waals surface area contributed by atoms with Crippen LogP contribution < -0.4 is 5.32 Å². The van der Waals surface area contributed by atoms with E-state index in [1.54, 1.807) is 28.0 Å². The fourth-order valence-corrected chi connectivity index (χ4v) is 5.03. The predicted molar refractivity (Wildman–Crippen MR) is 166 cm³/mol. The summed E-state index contributed by atoms with van der Waals surface area (Å²) in [5.74, 6) is -0.772. The topological polar surface area (TPSA) is 88.2 Å². The summed E-state index contributed by atoms with van der Waals surface area (Å²) in [6.45, 7) is 14.8. The van der Waals surface area contributed by atoms with E-state index in [1.807, 2.05) is 72.8 Å². The summed E-state index contributed by atoms with van der Waals surface area (Å²) < 4.78 is 26.0. The molecule has 1 N–H and O–H groups in total. The predicted octanol–water partition coefficient (Wildman–Crippen LogP) is 7.43. The van der Waals surface area contributed by atoms with Gasteiger partial charge >= 0.3 is 12.2 Å². The lowest BCUT2D eigenvalue weighted by molar-refractivity contribution is 0.0260. The molecule has 2 aromatic rings. The third-order valence-electron chi connectivity index (χ3n) is 7.13. The number of nitrogens with zero attached hydrogens (tertiary/aromatic N) is 2. The van der Waals surface area contributed by atoms with Gasteiger partial charge in [-0.2, -0.15) is 0 Å². The van der Waals surface area contributed by atoms with Crippen LogP contribution in [0.25, 0.3) is 11.1 Å². The summed E-state index contributed by atoms with van der Waals surface area (Å²) in [4.78, 5) is 41.0. The molecule has 9 heteroatoms. The Balaban J connectivity index is 1.37. The number of anilines is 1. The molecule has 0 aromatic heterocycles. The fourth-order valence-electron chi connectivity index (χ4n) is 5.03. The van der Waals surface area contributed by atoms with Gasteiger partial charge in [0.1, 0.15) is 17.0 Å². The third kappa shape index (κ3) is 8.46. The van der Waals surface area contributed by atoms with Crippen LogP contribution in [0.1, 0.15) is 81.4 Å². The summed E-state index contributed by atoms with van der Waals surface area (Å²) in [5, 5.41) is 2.80. The van der Waals surface area contributed by atoms with Crippen molar-refractivity contribution in [2.45, 2.75) is 72.5 Å². The molecule has 4 rings (SSSR count). The third-order valence-corrected chi connectivity index (χ3v) is 7.13. The average molecular weight is 592 g/mol. The SMILES string of the molecule is Cc1cc(C(=O)Nc2ccc(C3=CCN(C(=O)OC(C)(C)C)CC3)c(F)c2)ccc1C1=CCN(C(=O)OC(C)(C)C)CC1. The van der Waals surface area contributed by atoms with Crippen molar-refractivity contribution in [2.24, 2.45) is 0 Å². The second-order valence-corrected chi connectivity index (χ2v) is 13.0.